The maximum atomic E-state index is 10.5. The van der Waals surface area contributed by atoms with E-state index in [0.717, 1.165) is 0 Å². The van der Waals surface area contributed by atoms with Crippen LogP contribution in [0, 0.1) is 5.92 Å². The Morgan fingerprint density at radius 2 is 2.30 bits per heavy atom. The Kier molecular flexibility index (Phi) is 4.94. The van der Waals surface area contributed by atoms with Gasteiger partial charge in [-0.25, -0.2) is 0 Å². The van der Waals surface area contributed by atoms with Crippen LogP contribution in [0.1, 0.15) is 19.8 Å². The van der Waals surface area contributed by atoms with Crippen LogP contribution < -0.4 is 0 Å². The summed E-state index contributed by atoms with van der Waals surface area (Å²) in [5, 5.41) is 8.57. The van der Waals surface area contributed by atoms with Gasteiger partial charge in [-0.05, 0) is 12.3 Å². The molecule has 0 fully saturated rings. The number of hydrogen-bond donors (Lipinski definition) is 1. The highest BCUT2D eigenvalue weighted by atomic mass is 16.5. The number of hydrogen-bond acceptors (Lipinski definition) is 3. The third kappa shape index (κ3) is 4.32. The summed E-state index contributed by atoms with van der Waals surface area (Å²) in [6.07, 6.45) is 1.10. The minimum atomic E-state index is -0.208. The summed E-state index contributed by atoms with van der Waals surface area (Å²) in [5.41, 5.74) is 0. The molecule has 0 aliphatic rings. The van der Waals surface area contributed by atoms with E-state index < -0.39 is 0 Å². The van der Waals surface area contributed by atoms with Gasteiger partial charge in [0.05, 0.1) is 7.11 Å². The smallest absolute Gasteiger partial charge is 0.305 e. The van der Waals surface area contributed by atoms with Crippen LogP contribution >= 0.6 is 0 Å². The zero-order chi connectivity index (χ0) is 7.98. The van der Waals surface area contributed by atoms with E-state index in [4.69, 9.17) is 5.11 Å². The lowest BCUT2D eigenvalue weighted by Gasteiger charge is -2.04. The van der Waals surface area contributed by atoms with Gasteiger partial charge in [0.15, 0.2) is 0 Å². The van der Waals surface area contributed by atoms with Crippen molar-refractivity contribution in [2.45, 2.75) is 19.8 Å². The summed E-state index contributed by atoms with van der Waals surface area (Å²) >= 11 is 0. The molecule has 1 unspecified atom stereocenters. The number of ether oxygens (including phenoxy) is 1. The molecular weight excluding hydrogens is 132 g/mol. The van der Waals surface area contributed by atoms with Crippen molar-refractivity contribution < 1.29 is 14.6 Å². The molecule has 0 aliphatic heterocycles. The quantitative estimate of drug-likeness (QED) is 0.590. The summed E-state index contributed by atoms with van der Waals surface area (Å²) in [4.78, 5) is 10.5. The lowest BCUT2D eigenvalue weighted by Crippen LogP contribution is -2.06. The van der Waals surface area contributed by atoms with Crippen molar-refractivity contribution in [1.29, 1.82) is 0 Å². The second-order valence-electron chi connectivity index (χ2n) is 2.40. The zero-order valence-electron chi connectivity index (χ0n) is 6.46. The molecule has 3 nitrogen and oxygen atoms in total. The van der Waals surface area contributed by atoms with Crippen LogP contribution in [-0.4, -0.2) is 24.8 Å². The van der Waals surface area contributed by atoms with Crippen LogP contribution in [0.5, 0.6) is 0 Å². The summed E-state index contributed by atoms with van der Waals surface area (Å²) in [7, 11) is 1.37. The fraction of sp³-hybridized carbons (Fsp3) is 0.857. The molecule has 0 bridgehead atoms. The highest BCUT2D eigenvalue weighted by Gasteiger charge is 2.04. The van der Waals surface area contributed by atoms with Gasteiger partial charge < -0.3 is 9.84 Å². The maximum Gasteiger partial charge on any atom is 0.305 e. The van der Waals surface area contributed by atoms with E-state index in [0.29, 0.717) is 12.8 Å². The molecular formula is C7H14O3. The second-order valence-corrected chi connectivity index (χ2v) is 2.40. The van der Waals surface area contributed by atoms with E-state index in [9.17, 15) is 4.79 Å². The Hall–Kier alpha value is -0.570. The van der Waals surface area contributed by atoms with Gasteiger partial charge in [0.2, 0.25) is 0 Å². The summed E-state index contributed by atoms with van der Waals surface area (Å²) < 4.78 is 4.42. The Morgan fingerprint density at radius 1 is 1.70 bits per heavy atom. The molecule has 0 saturated carbocycles. The average Bonchev–Trinajstić information content (AvgIpc) is 1.99. The molecule has 60 valence electrons. The van der Waals surface area contributed by atoms with Crippen LogP contribution in [0.4, 0.5) is 0 Å². The van der Waals surface area contributed by atoms with Gasteiger partial charge in [0.1, 0.15) is 0 Å². The van der Waals surface area contributed by atoms with E-state index in [2.05, 4.69) is 4.74 Å². The molecule has 0 aromatic carbocycles. The first-order chi connectivity index (χ1) is 4.70. The van der Waals surface area contributed by atoms with Gasteiger partial charge in [0.25, 0.3) is 0 Å². The molecule has 3 heteroatoms. The van der Waals surface area contributed by atoms with Gasteiger partial charge in [-0.2, -0.15) is 0 Å². The van der Waals surface area contributed by atoms with Crippen molar-refractivity contribution in [2.24, 2.45) is 5.92 Å². The van der Waals surface area contributed by atoms with Crippen LogP contribution in [0.25, 0.3) is 0 Å². The third-order valence-electron chi connectivity index (χ3n) is 1.38. The molecule has 1 atom stereocenters. The molecule has 0 radical (unpaired) electrons. The Labute approximate surface area is 61.0 Å². The molecule has 0 spiro atoms. The second kappa shape index (κ2) is 5.23. The van der Waals surface area contributed by atoms with Gasteiger partial charge in [0, 0.05) is 13.0 Å². The molecule has 0 amide bonds. The van der Waals surface area contributed by atoms with E-state index in [1.165, 1.54) is 7.11 Å². The van der Waals surface area contributed by atoms with Crippen LogP contribution in [0.3, 0.4) is 0 Å². The van der Waals surface area contributed by atoms with Gasteiger partial charge >= 0.3 is 5.97 Å². The number of esters is 1. The number of methoxy groups -OCH3 is 1. The minimum absolute atomic E-state index is 0.136. The summed E-state index contributed by atoms with van der Waals surface area (Å²) in [6.45, 7) is 2.03. The summed E-state index contributed by atoms with van der Waals surface area (Å²) in [6, 6.07) is 0. The normalized spacial score (nSPS) is 12.7. The van der Waals surface area contributed by atoms with Crippen molar-refractivity contribution in [1.82, 2.24) is 0 Å². The van der Waals surface area contributed by atoms with Crippen molar-refractivity contribution in [3.05, 3.63) is 0 Å². The number of rotatable bonds is 4. The SMILES string of the molecule is COC(=O)CCC(C)CO. The molecule has 1 N–H and O–H groups in total. The average molecular weight is 146 g/mol. The molecule has 0 saturated heterocycles. The van der Waals surface area contributed by atoms with Crippen LogP contribution in [0.15, 0.2) is 0 Å². The lowest BCUT2D eigenvalue weighted by molar-refractivity contribution is -0.140. The Balaban J connectivity index is 3.26. The van der Waals surface area contributed by atoms with Gasteiger partial charge in [-0.1, -0.05) is 6.92 Å². The fourth-order valence-corrected chi connectivity index (χ4v) is 0.558. The first-order valence-electron chi connectivity index (χ1n) is 3.38. The highest BCUT2D eigenvalue weighted by Crippen LogP contribution is 2.03. The largest absolute Gasteiger partial charge is 0.469 e. The third-order valence-corrected chi connectivity index (χ3v) is 1.38. The molecule has 10 heavy (non-hydrogen) atoms. The van der Waals surface area contributed by atoms with E-state index in [-0.39, 0.29) is 18.5 Å². The fourth-order valence-electron chi connectivity index (χ4n) is 0.558. The monoisotopic (exact) mass is 146 g/mol. The number of aliphatic hydroxyl groups is 1. The van der Waals surface area contributed by atoms with Crippen molar-refractivity contribution >= 4 is 5.97 Å². The maximum absolute atomic E-state index is 10.5. The van der Waals surface area contributed by atoms with Crippen molar-refractivity contribution in [3.63, 3.8) is 0 Å². The van der Waals surface area contributed by atoms with E-state index in [1.54, 1.807) is 0 Å². The molecule has 0 heterocycles. The van der Waals surface area contributed by atoms with Gasteiger partial charge in [-0.15, -0.1) is 0 Å². The summed E-state index contributed by atoms with van der Waals surface area (Å²) in [5.74, 6) is -0.0144. The molecule has 0 aliphatic carbocycles. The molecule has 0 rings (SSSR count). The zero-order valence-corrected chi connectivity index (χ0v) is 6.46. The molecule has 0 aromatic rings. The number of carbonyl (C=O) groups excluding carboxylic acids is 1. The number of aliphatic hydroxyl groups excluding tert-OH is 1. The topological polar surface area (TPSA) is 46.5 Å². The highest BCUT2D eigenvalue weighted by molar-refractivity contribution is 5.69. The van der Waals surface area contributed by atoms with E-state index >= 15 is 0 Å². The first-order valence-corrected chi connectivity index (χ1v) is 3.38. The van der Waals surface area contributed by atoms with Crippen LogP contribution in [-0.2, 0) is 9.53 Å². The predicted octanol–water partition coefficient (Wildman–Crippen LogP) is 0.568. The van der Waals surface area contributed by atoms with E-state index in [1.807, 2.05) is 6.92 Å². The van der Waals surface area contributed by atoms with Gasteiger partial charge in [-0.3, -0.25) is 4.79 Å². The number of carbonyl (C=O) groups is 1. The predicted molar refractivity (Wildman–Crippen MR) is 37.5 cm³/mol. The molecule has 0 aromatic heterocycles. The van der Waals surface area contributed by atoms with Crippen LogP contribution in [0.2, 0.25) is 0 Å². The van der Waals surface area contributed by atoms with Crippen molar-refractivity contribution in [2.75, 3.05) is 13.7 Å². The Bertz CT molecular complexity index is 101. The minimum Gasteiger partial charge on any atom is -0.469 e. The first kappa shape index (κ1) is 9.43. The standard InChI is InChI=1S/C7H14O3/c1-6(5-8)3-4-7(9)10-2/h6,8H,3-5H2,1-2H3. The van der Waals surface area contributed by atoms with Crippen molar-refractivity contribution in [3.8, 4) is 0 Å². The Morgan fingerprint density at radius 3 is 2.70 bits per heavy atom. The lowest BCUT2D eigenvalue weighted by atomic mass is 10.1.